The van der Waals surface area contributed by atoms with Crippen LogP contribution in [0, 0.1) is 28.4 Å². The molecule has 0 radical (unpaired) electrons. The third-order valence-electron chi connectivity index (χ3n) is 4.30. The Balaban J connectivity index is 2.27. The smallest absolute Gasteiger partial charge is 0.273 e. The van der Waals surface area contributed by atoms with Crippen molar-refractivity contribution in [2.45, 2.75) is 26.7 Å². The molecule has 2 rings (SSSR count). The molecule has 0 fully saturated rings. The lowest BCUT2D eigenvalue weighted by Crippen LogP contribution is -2.17. The zero-order chi connectivity index (χ0) is 21.6. The third kappa shape index (κ3) is 5.11. The molecule has 0 saturated heterocycles. The summed E-state index contributed by atoms with van der Waals surface area (Å²) >= 11 is 0. The fourth-order valence-electron chi connectivity index (χ4n) is 2.73. The van der Waals surface area contributed by atoms with E-state index in [4.69, 9.17) is 4.74 Å². The van der Waals surface area contributed by atoms with Crippen molar-refractivity contribution >= 4 is 23.0 Å². The number of nitriles is 1. The number of benzene rings is 2. The van der Waals surface area contributed by atoms with Gasteiger partial charge in [0.1, 0.15) is 17.4 Å². The fraction of sp³-hybridized carbons (Fsp3) is 0.238. The lowest BCUT2D eigenvalue weighted by atomic mass is 9.98. The average molecular weight is 394 g/mol. The molecular weight excluding hydrogens is 372 g/mol. The molecule has 0 bridgehead atoms. The molecule has 0 aliphatic rings. The maximum atomic E-state index is 12.6. The van der Waals surface area contributed by atoms with Crippen LogP contribution in [-0.4, -0.2) is 17.9 Å². The Morgan fingerprint density at radius 3 is 2.62 bits per heavy atom. The molecule has 2 N–H and O–H groups in total. The standard InChI is InChI=1S/C21H22N4O4/c1-13(2)17-7-5-6-14(3)20(17)24-21(26)15(11-22)12-23-18-9-8-16(25(27)28)10-19(18)29-4/h5-10,12-13,23H,1-4H3,(H,24,26)/b15-12-. The normalized spacial score (nSPS) is 11.0. The number of nitrogens with zero attached hydrogens (tertiary/aromatic N) is 2. The molecule has 0 saturated carbocycles. The number of hydrogen-bond acceptors (Lipinski definition) is 6. The number of nitro groups is 1. The van der Waals surface area contributed by atoms with Crippen molar-refractivity contribution in [3.05, 3.63) is 69.4 Å². The molecule has 0 unspecified atom stereocenters. The summed E-state index contributed by atoms with van der Waals surface area (Å²) in [5.41, 5.74) is 2.66. The number of anilines is 2. The van der Waals surface area contributed by atoms with Gasteiger partial charge in [0.05, 0.1) is 23.8 Å². The Hall–Kier alpha value is -3.86. The largest absolute Gasteiger partial charge is 0.494 e. The van der Waals surface area contributed by atoms with Gasteiger partial charge < -0.3 is 15.4 Å². The minimum absolute atomic E-state index is 0.129. The summed E-state index contributed by atoms with van der Waals surface area (Å²) in [6.07, 6.45) is 1.24. The predicted molar refractivity (Wildman–Crippen MR) is 111 cm³/mol. The van der Waals surface area contributed by atoms with Crippen molar-refractivity contribution in [1.29, 1.82) is 5.26 Å². The fourth-order valence-corrected chi connectivity index (χ4v) is 2.73. The van der Waals surface area contributed by atoms with Crippen molar-refractivity contribution < 1.29 is 14.5 Å². The zero-order valence-corrected chi connectivity index (χ0v) is 16.6. The van der Waals surface area contributed by atoms with Gasteiger partial charge in [-0.3, -0.25) is 14.9 Å². The lowest BCUT2D eigenvalue weighted by Gasteiger charge is -2.16. The molecule has 8 nitrogen and oxygen atoms in total. The molecule has 0 aliphatic carbocycles. The number of non-ortho nitro benzene ring substituents is 1. The second-order valence-electron chi connectivity index (χ2n) is 6.60. The van der Waals surface area contributed by atoms with Crippen LogP contribution in [0.5, 0.6) is 5.75 Å². The first-order chi connectivity index (χ1) is 13.8. The van der Waals surface area contributed by atoms with E-state index in [9.17, 15) is 20.2 Å². The second-order valence-corrected chi connectivity index (χ2v) is 6.60. The number of rotatable bonds is 7. The van der Waals surface area contributed by atoms with Crippen LogP contribution >= 0.6 is 0 Å². The van der Waals surface area contributed by atoms with E-state index in [2.05, 4.69) is 10.6 Å². The van der Waals surface area contributed by atoms with Crippen LogP contribution in [-0.2, 0) is 4.79 Å². The molecule has 0 aliphatic heterocycles. The van der Waals surface area contributed by atoms with Gasteiger partial charge in [0.2, 0.25) is 0 Å². The van der Waals surface area contributed by atoms with E-state index >= 15 is 0 Å². The van der Waals surface area contributed by atoms with Crippen LogP contribution in [0.4, 0.5) is 17.1 Å². The van der Waals surface area contributed by atoms with Crippen LogP contribution in [0.1, 0.15) is 30.9 Å². The lowest BCUT2D eigenvalue weighted by molar-refractivity contribution is -0.384. The van der Waals surface area contributed by atoms with Gasteiger partial charge in [0.25, 0.3) is 11.6 Å². The molecule has 29 heavy (non-hydrogen) atoms. The summed E-state index contributed by atoms with van der Waals surface area (Å²) in [6, 6.07) is 11.6. The first-order valence-corrected chi connectivity index (χ1v) is 8.88. The summed E-state index contributed by atoms with van der Waals surface area (Å²) in [5, 5.41) is 25.9. The van der Waals surface area contributed by atoms with Crippen molar-refractivity contribution in [2.75, 3.05) is 17.7 Å². The molecular formula is C21H22N4O4. The summed E-state index contributed by atoms with van der Waals surface area (Å²) in [7, 11) is 1.37. The number of carbonyl (C=O) groups is 1. The SMILES string of the molecule is COc1cc([N+](=O)[O-])ccc1N/C=C(/C#N)C(=O)Nc1c(C)cccc1C(C)C. The van der Waals surface area contributed by atoms with Crippen molar-refractivity contribution in [1.82, 2.24) is 0 Å². The molecule has 0 atom stereocenters. The van der Waals surface area contributed by atoms with Crippen LogP contribution in [0.3, 0.4) is 0 Å². The zero-order valence-electron chi connectivity index (χ0n) is 16.6. The average Bonchev–Trinajstić information content (AvgIpc) is 2.69. The highest BCUT2D eigenvalue weighted by Crippen LogP contribution is 2.30. The number of methoxy groups -OCH3 is 1. The minimum atomic E-state index is -0.558. The van der Waals surface area contributed by atoms with E-state index in [-0.39, 0.29) is 22.9 Å². The molecule has 0 aromatic heterocycles. The van der Waals surface area contributed by atoms with Crippen molar-refractivity contribution in [3.63, 3.8) is 0 Å². The Morgan fingerprint density at radius 1 is 1.31 bits per heavy atom. The van der Waals surface area contributed by atoms with Crippen molar-refractivity contribution in [3.8, 4) is 11.8 Å². The highest BCUT2D eigenvalue weighted by atomic mass is 16.6. The Labute approximate surface area is 169 Å². The monoisotopic (exact) mass is 394 g/mol. The first kappa shape index (κ1) is 21.4. The maximum Gasteiger partial charge on any atom is 0.273 e. The van der Waals surface area contributed by atoms with Crippen LogP contribution < -0.4 is 15.4 Å². The molecule has 150 valence electrons. The number of carbonyl (C=O) groups excluding carboxylic acids is 1. The molecule has 8 heteroatoms. The van der Waals surface area contributed by atoms with Crippen LogP contribution in [0.25, 0.3) is 0 Å². The van der Waals surface area contributed by atoms with E-state index in [0.717, 1.165) is 11.1 Å². The van der Waals surface area contributed by atoms with E-state index in [1.54, 1.807) is 0 Å². The van der Waals surface area contributed by atoms with Gasteiger partial charge in [0, 0.05) is 18.0 Å². The van der Waals surface area contributed by atoms with E-state index in [0.29, 0.717) is 11.4 Å². The number of para-hydroxylation sites is 1. The summed E-state index contributed by atoms with van der Waals surface area (Å²) in [5.74, 6) is -0.145. The number of amides is 1. The van der Waals surface area contributed by atoms with Gasteiger partial charge in [-0.1, -0.05) is 32.0 Å². The van der Waals surface area contributed by atoms with Gasteiger partial charge in [0.15, 0.2) is 0 Å². The maximum absolute atomic E-state index is 12.6. The number of aryl methyl sites for hydroxylation is 1. The second kappa shape index (κ2) is 9.37. The highest BCUT2D eigenvalue weighted by molar-refractivity contribution is 6.07. The number of nitrogens with one attached hydrogen (secondary N) is 2. The topological polar surface area (TPSA) is 117 Å². The van der Waals surface area contributed by atoms with Crippen LogP contribution in [0.2, 0.25) is 0 Å². The Kier molecular flexibility index (Phi) is 6.93. The van der Waals surface area contributed by atoms with E-state index in [1.165, 1.54) is 31.5 Å². The minimum Gasteiger partial charge on any atom is -0.494 e. The molecule has 2 aromatic carbocycles. The van der Waals surface area contributed by atoms with Gasteiger partial charge in [-0.25, -0.2) is 0 Å². The van der Waals surface area contributed by atoms with Gasteiger partial charge in [-0.05, 0) is 30.0 Å². The number of ether oxygens (including phenoxy) is 1. The van der Waals surface area contributed by atoms with Gasteiger partial charge >= 0.3 is 0 Å². The van der Waals surface area contributed by atoms with E-state index < -0.39 is 10.8 Å². The summed E-state index contributed by atoms with van der Waals surface area (Å²) in [4.78, 5) is 23.0. The highest BCUT2D eigenvalue weighted by Gasteiger charge is 2.16. The Bertz CT molecular complexity index is 1010. The summed E-state index contributed by atoms with van der Waals surface area (Å²) in [6.45, 7) is 5.93. The van der Waals surface area contributed by atoms with E-state index in [1.807, 2.05) is 45.0 Å². The molecule has 0 spiro atoms. The molecule has 2 aromatic rings. The van der Waals surface area contributed by atoms with Crippen LogP contribution in [0.15, 0.2) is 48.2 Å². The molecule has 0 heterocycles. The third-order valence-corrected chi connectivity index (χ3v) is 4.30. The first-order valence-electron chi connectivity index (χ1n) is 8.88. The molecule has 1 amide bonds. The summed E-state index contributed by atoms with van der Waals surface area (Å²) < 4.78 is 5.14. The van der Waals surface area contributed by atoms with Gasteiger partial charge in [-0.15, -0.1) is 0 Å². The van der Waals surface area contributed by atoms with Gasteiger partial charge in [-0.2, -0.15) is 5.26 Å². The Morgan fingerprint density at radius 2 is 2.03 bits per heavy atom. The number of hydrogen-bond donors (Lipinski definition) is 2. The quantitative estimate of drug-likeness (QED) is 0.309. The van der Waals surface area contributed by atoms with Crippen molar-refractivity contribution in [2.24, 2.45) is 0 Å². The predicted octanol–water partition coefficient (Wildman–Crippen LogP) is 4.49. The number of nitro benzene ring substituents is 1.